The van der Waals surface area contributed by atoms with Gasteiger partial charge in [0.25, 0.3) is 0 Å². The second-order valence-electron chi connectivity index (χ2n) is 4.39. The Morgan fingerprint density at radius 2 is 2.33 bits per heavy atom. The van der Waals surface area contributed by atoms with E-state index in [2.05, 4.69) is 49.6 Å². The van der Waals surface area contributed by atoms with E-state index < -0.39 is 0 Å². The van der Waals surface area contributed by atoms with Gasteiger partial charge < -0.3 is 5.73 Å². The van der Waals surface area contributed by atoms with Crippen LogP contribution in [-0.4, -0.2) is 11.3 Å². The summed E-state index contributed by atoms with van der Waals surface area (Å²) in [6.07, 6.45) is 5.39. The summed E-state index contributed by atoms with van der Waals surface area (Å²) in [5.41, 5.74) is 9.37. The van der Waals surface area contributed by atoms with Crippen LogP contribution in [0.4, 0.5) is 0 Å². The highest BCUT2D eigenvalue weighted by molar-refractivity contribution is 7.80. The van der Waals surface area contributed by atoms with E-state index in [1.807, 2.05) is 6.21 Å². The van der Waals surface area contributed by atoms with Gasteiger partial charge in [0.2, 0.25) is 0 Å². The van der Waals surface area contributed by atoms with Gasteiger partial charge in [0.1, 0.15) is 0 Å². The molecule has 3 nitrogen and oxygen atoms in total. The fraction of sp³-hybridized carbons (Fsp3) is 0.636. The highest BCUT2D eigenvalue weighted by Crippen LogP contribution is 2.31. The third kappa shape index (κ3) is 3.63. The number of hydrogen-bond acceptors (Lipinski definition) is 2. The van der Waals surface area contributed by atoms with Crippen molar-refractivity contribution in [2.75, 3.05) is 0 Å². The van der Waals surface area contributed by atoms with Gasteiger partial charge in [-0.1, -0.05) is 25.5 Å². The predicted molar refractivity (Wildman–Crippen MR) is 68.6 cm³/mol. The van der Waals surface area contributed by atoms with E-state index in [1.54, 1.807) is 0 Å². The van der Waals surface area contributed by atoms with Crippen LogP contribution in [0.5, 0.6) is 0 Å². The fourth-order valence-corrected chi connectivity index (χ4v) is 2.31. The lowest BCUT2D eigenvalue weighted by Gasteiger charge is -2.29. The van der Waals surface area contributed by atoms with Crippen molar-refractivity contribution in [3.63, 3.8) is 0 Å². The molecule has 0 radical (unpaired) electrons. The lowest BCUT2D eigenvalue weighted by Crippen LogP contribution is -2.28. The molecule has 0 aromatic carbocycles. The van der Waals surface area contributed by atoms with Crippen molar-refractivity contribution < 1.29 is 0 Å². The first-order valence-electron chi connectivity index (χ1n) is 5.26. The summed E-state index contributed by atoms with van der Waals surface area (Å²) in [4.78, 5) is 0. The van der Waals surface area contributed by atoms with E-state index >= 15 is 0 Å². The summed E-state index contributed by atoms with van der Waals surface area (Å²) in [5, 5.41) is 4.27. The third-order valence-electron chi connectivity index (χ3n) is 2.88. The number of rotatable bonds is 2. The van der Waals surface area contributed by atoms with E-state index in [-0.39, 0.29) is 5.11 Å². The molecule has 15 heavy (non-hydrogen) atoms. The molecule has 0 saturated heterocycles. The molecule has 0 unspecified atom stereocenters. The molecule has 0 bridgehead atoms. The van der Waals surface area contributed by atoms with Crippen molar-refractivity contribution in [2.45, 2.75) is 27.2 Å². The van der Waals surface area contributed by atoms with Crippen LogP contribution >= 0.6 is 12.2 Å². The number of hydrazone groups is 1. The molecule has 3 N–H and O–H groups in total. The minimum Gasteiger partial charge on any atom is -0.375 e. The van der Waals surface area contributed by atoms with Crippen LogP contribution in [0.1, 0.15) is 27.2 Å². The van der Waals surface area contributed by atoms with Gasteiger partial charge >= 0.3 is 0 Å². The fourth-order valence-electron chi connectivity index (χ4n) is 2.26. The van der Waals surface area contributed by atoms with Gasteiger partial charge in [-0.2, -0.15) is 5.10 Å². The van der Waals surface area contributed by atoms with Crippen molar-refractivity contribution in [3.8, 4) is 0 Å². The lowest BCUT2D eigenvalue weighted by atomic mass is 9.76. The monoisotopic (exact) mass is 225 g/mol. The summed E-state index contributed by atoms with van der Waals surface area (Å²) < 4.78 is 0. The SMILES string of the molecule is CC1=C[C@@H](C)[C@H](/C=N\NC(N)=S)[C@@H](C)C1. The summed E-state index contributed by atoms with van der Waals surface area (Å²) >= 11 is 4.68. The van der Waals surface area contributed by atoms with Crippen LogP contribution in [0, 0.1) is 17.8 Å². The maximum atomic E-state index is 5.29. The minimum absolute atomic E-state index is 0.217. The van der Waals surface area contributed by atoms with Crippen LogP contribution in [-0.2, 0) is 0 Å². The first-order valence-corrected chi connectivity index (χ1v) is 5.67. The van der Waals surface area contributed by atoms with Crippen LogP contribution in [0.2, 0.25) is 0 Å². The molecule has 84 valence electrons. The Kier molecular flexibility index (Phi) is 4.27. The minimum atomic E-state index is 0.217. The largest absolute Gasteiger partial charge is 0.375 e. The zero-order chi connectivity index (χ0) is 11.4. The van der Waals surface area contributed by atoms with Crippen LogP contribution in [0.25, 0.3) is 0 Å². The molecule has 3 atom stereocenters. The number of thiocarbonyl (C=S) groups is 1. The summed E-state index contributed by atoms with van der Waals surface area (Å²) in [5.74, 6) is 1.63. The zero-order valence-corrected chi connectivity index (χ0v) is 10.3. The molecule has 0 aliphatic heterocycles. The number of nitrogens with zero attached hydrogens (tertiary/aromatic N) is 1. The highest BCUT2D eigenvalue weighted by atomic mass is 32.1. The number of nitrogens with one attached hydrogen (secondary N) is 1. The topological polar surface area (TPSA) is 50.4 Å². The third-order valence-corrected chi connectivity index (χ3v) is 2.97. The maximum absolute atomic E-state index is 5.29. The van der Waals surface area contributed by atoms with Gasteiger partial charge in [-0.3, -0.25) is 5.43 Å². The standard InChI is InChI=1S/C11H19N3S/c1-7-4-8(2)10(9(3)5-7)6-13-14-11(12)15/h4,6,8-10H,5H2,1-3H3,(H3,12,14,15)/b13-6-/t8-,9+,10+/m1/s1. The lowest BCUT2D eigenvalue weighted by molar-refractivity contribution is 0.362. The van der Waals surface area contributed by atoms with Gasteiger partial charge in [-0.15, -0.1) is 0 Å². The number of hydrogen-bond donors (Lipinski definition) is 2. The Balaban J connectivity index is 2.61. The summed E-state index contributed by atoms with van der Waals surface area (Å²) in [6.45, 7) is 6.66. The van der Waals surface area contributed by atoms with Crippen molar-refractivity contribution in [3.05, 3.63) is 11.6 Å². The van der Waals surface area contributed by atoms with E-state index in [0.717, 1.165) is 6.42 Å². The van der Waals surface area contributed by atoms with E-state index in [9.17, 15) is 0 Å². The Morgan fingerprint density at radius 1 is 1.67 bits per heavy atom. The first kappa shape index (κ1) is 12.2. The zero-order valence-electron chi connectivity index (χ0n) is 9.53. The Labute approximate surface area is 96.8 Å². The van der Waals surface area contributed by atoms with Gasteiger partial charge in [-0.25, -0.2) is 0 Å². The normalized spacial score (nSPS) is 31.4. The summed E-state index contributed by atoms with van der Waals surface area (Å²) in [7, 11) is 0. The average Bonchev–Trinajstić information content (AvgIpc) is 2.08. The number of allylic oxidation sites excluding steroid dienone is 2. The summed E-state index contributed by atoms with van der Waals surface area (Å²) in [6, 6.07) is 0. The highest BCUT2D eigenvalue weighted by Gasteiger charge is 2.25. The molecule has 0 amide bonds. The molecule has 0 spiro atoms. The molecule has 1 aliphatic rings. The number of nitrogens with two attached hydrogens (primary N) is 1. The van der Waals surface area contributed by atoms with Crippen molar-refractivity contribution >= 4 is 23.5 Å². The Bertz CT molecular complexity index is 296. The molecular formula is C11H19N3S. The molecule has 4 heteroatoms. The molecule has 0 aromatic rings. The van der Waals surface area contributed by atoms with Gasteiger partial charge in [0.05, 0.1) is 0 Å². The van der Waals surface area contributed by atoms with Crippen molar-refractivity contribution in [2.24, 2.45) is 28.6 Å². The van der Waals surface area contributed by atoms with Gasteiger partial charge in [0.15, 0.2) is 5.11 Å². The average molecular weight is 225 g/mol. The maximum Gasteiger partial charge on any atom is 0.184 e. The smallest absolute Gasteiger partial charge is 0.184 e. The predicted octanol–water partition coefficient (Wildman–Crippen LogP) is 2.04. The van der Waals surface area contributed by atoms with Crippen LogP contribution in [0.15, 0.2) is 16.8 Å². The second-order valence-corrected chi connectivity index (χ2v) is 4.82. The quantitative estimate of drug-likeness (QED) is 0.327. The van der Waals surface area contributed by atoms with Crippen LogP contribution < -0.4 is 11.2 Å². The molecular weight excluding hydrogens is 206 g/mol. The van der Waals surface area contributed by atoms with E-state index in [0.29, 0.717) is 17.8 Å². The van der Waals surface area contributed by atoms with E-state index in [1.165, 1.54) is 5.57 Å². The Morgan fingerprint density at radius 3 is 2.87 bits per heavy atom. The van der Waals surface area contributed by atoms with Crippen LogP contribution in [0.3, 0.4) is 0 Å². The molecule has 0 saturated carbocycles. The molecule has 1 aliphatic carbocycles. The molecule has 0 aromatic heterocycles. The van der Waals surface area contributed by atoms with E-state index in [4.69, 9.17) is 5.73 Å². The first-order chi connectivity index (χ1) is 7.00. The molecule has 0 fully saturated rings. The molecule has 1 rings (SSSR count). The van der Waals surface area contributed by atoms with Gasteiger partial charge in [0, 0.05) is 12.1 Å². The Hall–Kier alpha value is -0.900. The molecule has 0 heterocycles. The second kappa shape index (κ2) is 5.26. The van der Waals surface area contributed by atoms with Crippen molar-refractivity contribution in [1.82, 2.24) is 5.43 Å². The van der Waals surface area contributed by atoms with Gasteiger partial charge in [-0.05, 0) is 37.4 Å². The van der Waals surface area contributed by atoms with Crippen molar-refractivity contribution in [1.29, 1.82) is 0 Å².